The zero-order valence-electron chi connectivity index (χ0n) is 7.19. The smallest absolute Gasteiger partial charge is 0.0287 e. The van der Waals surface area contributed by atoms with Crippen LogP contribution in [-0.2, 0) is 0 Å². The minimum atomic E-state index is 1.14. The van der Waals surface area contributed by atoms with E-state index in [2.05, 4.69) is 32.6 Å². The van der Waals surface area contributed by atoms with Crippen LogP contribution in [0.3, 0.4) is 0 Å². The van der Waals surface area contributed by atoms with Crippen molar-refractivity contribution >= 4 is 0 Å². The van der Waals surface area contributed by atoms with Crippen LogP contribution in [0.4, 0.5) is 0 Å². The Labute approximate surface area is 64.6 Å². The van der Waals surface area contributed by atoms with Crippen molar-refractivity contribution < 1.29 is 0 Å². The summed E-state index contributed by atoms with van der Waals surface area (Å²) in [5.74, 6) is 0. The molecule has 0 aliphatic carbocycles. The van der Waals surface area contributed by atoms with Gasteiger partial charge >= 0.3 is 0 Å². The van der Waals surface area contributed by atoms with Crippen molar-refractivity contribution in [2.75, 3.05) is 0 Å². The van der Waals surface area contributed by atoms with Crippen molar-refractivity contribution in [2.24, 2.45) is 0 Å². The number of hydrogen-bond acceptors (Lipinski definition) is 0. The third-order valence-electron chi connectivity index (χ3n) is 1.38. The first-order chi connectivity index (χ1) is 4.81. The average molecular weight is 138 g/mol. The largest absolute Gasteiger partial charge is 0.0958 e. The lowest BCUT2D eigenvalue weighted by Crippen LogP contribution is -1.73. The molecule has 0 nitrogen and oxygen atoms in total. The standard InChI is InChI=1S/C10H18/c1-4-6-7-9-10(3)8-5-2/h7,9H,3-6,8H2,1-2H3/b9-7+. The first kappa shape index (κ1) is 9.48. The molecule has 0 aromatic rings. The van der Waals surface area contributed by atoms with Gasteiger partial charge in [-0.15, -0.1) is 0 Å². The van der Waals surface area contributed by atoms with Gasteiger partial charge in [-0.3, -0.25) is 0 Å². The first-order valence-corrected chi connectivity index (χ1v) is 4.15. The molecular formula is C10H18. The molecule has 0 heteroatoms. The predicted octanol–water partition coefficient (Wildman–Crippen LogP) is 3.70. The van der Waals surface area contributed by atoms with Crippen molar-refractivity contribution in [3.05, 3.63) is 24.3 Å². The van der Waals surface area contributed by atoms with Crippen LogP contribution in [-0.4, -0.2) is 0 Å². The lowest BCUT2D eigenvalue weighted by atomic mass is 10.1. The highest BCUT2D eigenvalue weighted by Crippen LogP contribution is 2.03. The lowest BCUT2D eigenvalue weighted by Gasteiger charge is -1.93. The van der Waals surface area contributed by atoms with Gasteiger partial charge in [0, 0.05) is 0 Å². The van der Waals surface area contributed by atoms with E-state index in [9.17, 15) is 0 Å². The Bertz CT molecular complexity index is 109. The van der Waals surface area contributed by atoms with E-state index in [1.807, 2.05) is 0 Å². The number of unbranched alkanes of at least 4 members (excludes halogenated alkanes) is 1. The molecule has 0 aliphatic heterocycles. The SMILES string of the molecule is C=C(/C=C/CCC)CCC. The maximum Gasteiger partial charge on any atom is -0.0287 e. The molecular weight excluding hydrogens is 120 g/mol. The third kappa shape index (κ3) is 5.61. The molecule has 0 unspecified atom stereocenters. The molecule has 0 aliphatic rings. The van der Waals surface area contributed by atoms with E-state index in [-0.39, 0.29) is 0 Å². The third-order valence-corrected chi connectivity index (χ3v) is 1.38. The van der Waals surface area contributed by atoms with Gasteiger partial charge < -0.3 is 0 Å². The van der Waals surface area contributed by atoms with Crippen molar-refractivity contribution in [1.29, 1.82) is 0 Å². The monoisotopic (exact) mass is 138 g/mol. The second-order valence-corrected chi connectivity index (χ2v) is 2.60. The van der Waals surface area contributed by atoms with Gasteiger partial charge in [-0.2, -0.15) is 0 Å². The van der Waals surface area contributed by atoms with Gasteiger partial charge in [0.2, 0.25) is 0 Å². The molecule has 10 heavy (non-hydrogen) atoms. The fourth-order valence-electron chi connectivity index (χ4n) is 0.821. The maximum atomic E-state index is 3.93. The molecule has 0 saturated heterocycles. The van der Waals surface area contributed by atoms with Gasteiger partial charge in [-0.1, -0.05) is 51.0 Å². The molecule has 0 aromatic heterocycles. The average Bonchev–Trinajstić information content (AvgIpc) is 1.89. The molecule has 0 bridgehead atoms. The molecule has 0 saturated carbocycles. The van der Waals surface area contributed by atoms with E-state index in [0.29, 0.717) is 0 Å². The molecule has 0 radical (unpaired) electrons. The summed E-state index contributed by atoms with van der Waals surface area (Å²) in [7, 11) is 0. The zero-order valence-corrected chi connectivity index (χ0v) is 7.19. The van der Waals surface area contributed by atoms with Crippen LogP contribution in [0, 0.1) is 0 Å². The van der Waals surface area contributed by atoms with E-state index in [4.69, 9.17) is 0 Å². The maximum absolute atomic E-state index is 3.93. The van der Waals surface area contributed by atoms with Gasteiger partial charge in [0.05, 0.1) is 0 Å². The minimum Gasteiger partial charge on any atom is -0.0958 e. The minimum absolute atomic E-state index is 1.14. The van der Waals surface area contributed by atoms with Crippen LogP contribution in [0.5, 0.6) is 0 Å². The molecule has 0 heterocycles. The highest BCUT2D eigenvalue weighted by atomic mass is 13.9. The predicted molar refractivity (Wildman–Crippen MR) is 48.1 cm³/mol. The highest BCUT2D eigenvalue weighted by Gasteiger charge is 1.83. The Morgan fingerprint density at radius 1 is 1.30 bits per heavy atom. The van der Waals surface area contributed by atoms with Gasteiger partial charge in [0.25, 0.3) is 0 Å². The van der Waals surface area contributed by atoms with Crippen molar-refractivity contribution in [2.45, 2.75) is 39.5 Å². The van der Waals surface area contributed by atoms with Gasteiger partial charge in [-0.05, 0) is 12.8 Å². The molecule has 0 fully saturated rings. The Morgan fingerprint density at radius 3 is 2.50 bits per heavy atom. The second-order valence-electron chi connectivity index (χ2n) is 2.60. The van der Waals surface area contributed by atoms with Crippen molar-refractivity contribution in [1.82, 2.24) is 0 Å². The van der Waals surface area contributed by atoms with Crippen LogP contribution in [0.1, 0.15) is 39.5 Å². The Balaban J connectivity index is 3.36. The molecule has 58 valence electrons. The zero-order chi connectivity index (χ0) is 7.82. The summed E-state index contributed by atoms with van der Waals surface area (Å²) < 4.78 is 0. The quantitative estimate of drug-likeness (QED) is 0.508. The normalized spacial score (nSPS) is 10.6. The lowest BCUT2D eigenvalue weighted by molar-refractivity contribution is 0.920. The van der Waals surface area contributed by atoms with Crippen LogP contribution in [0.25, 0.3) is 0 Å². The van der Waals surface area contributed by atoms with E-state index < -0.39 is 0 Å². The number of allylic oxidation sites excluding steroid dienone is 3. The van der Waals surface area contributed by atoms with E-state index in [1.54, 1.807) is 0 Å². The summed E-state index contributed by atoms with van der Waals surface area (Å²) in [4.78, 5) is 0. The Morgan fingerprint density at radius 2 is 2.00 bits per heavy atom. The first-order valence-electron chi connectivity index (χ1n) is 4.15. The molecule has 0 amide bonds. The van der Waals surface area contributed by atoms with E-state index in [0.717, 1.165) is 6.42 Å². The second kappa shape index (κ2) is 6.60. The van der Waals surface area contributed by atoms with Crippen LogP contribution in [0.2, 0.25) is 0 Å². The van der Waals surface area contributed by atoms with Crippen molar-refractivity contribution in [3.63, 3.8) is 0 Å². The molecule has 0 aromatic carbocycles. The summed E-state index contributed by atoms with van der Waals surface area (Å²) in [6.45, 7) is 8.30. The molecule has 0 N–H and O–H groups in total. The summed E-state index contributed by atoms with van der Waals surface area (Å²) in [6.07, 6.45) is 9.11. The van der Waals surface area contributed by atoms with Gasteiger partial charge in [-0.25, -0.2) is 0 Å². The fourth-order valence-corrected chi connectivity index (χ4v) is 0.821. The summed E-state index contributed by atoms with van der Waals surface area (Å²) in [5.41, 5.74) is 1.26. The summed E-state index contributed by atoms with van der Waals surface area (Å²) in [6, 6.07) is 0. The number of hydrogen-bond donors (Lipinski definition) is 0. The highest BCUT2D eigenvalue weighted by molar-refractivity contribution is 5.13. The van der Waals surface area contributed by atoms with Gasteiger partial charge in [0.15, 0.2) is 0 Å². The van der Waals surface area contributed by atoms with Crippen LogP contribution >= 0.6 is 0 Å². The summed E-state index contributed by atoms with van der Waals surface area (Å²) >= 11 is 0. The van der Waals surface area contributed by atoms with E-state index >= 15 is 0 Å². The summed E-state index contributed by atoms with van der Waals surface area (Å²) in [5, 5.41) is 0. The van der Waals surface area contributed by atoms with Crippen LogP contribution < -0.4 is 0 Å². The molecule has 0 atom stereocenters. The topological polar surface area (TPSA) is 0 Å². The number of rotatable bonds is 5. The van der Waals surface area contributed by atoms with Crippen LogP contribution in [0.15, 0.2) is 24.3 Å². The molecule has 0 spiro atoms. The fraction of sp³-hybridized carbons (Fsp3) is 0.600. The Hall–Kier alpha value is -0.520. The Kier molecular flexibility index (Phi) is 6.25. The molecule has 0 rings (SSSR count). The van der Waals surface area contributed by atoms with E-state index in [1.165, 1.54) is 24.8 Å². The van der Waals surface area contributed by atoms with Gasteiger partial charge in [0.1, 0.15) is 0 Å². The van der Waals surface area contributed by atoms with Crippen molar-refractivity contribution in [3.8, 4) is 0 Å².